The average molecular weight is 472 g/mol. The Morgan fingerprint density at radius 2 is 1.82 bits per heavy atom. The number of amides is 2. The minimum absolute atomic E-state index is 0.0199. The van der Waals surface area contributed by atoms with Crippen molar-refractivity contribution in [2.75, 3.05) is 18.5 Å². The first-order valence-electron chi connectivity index (χ1n) is 11.4. The predicted octanol–water partition coefficient (Wildman–Crippen LogP) is 3.34. The van der Waals surface area contributed by atoms with Gasteiger partial charge in [0.25, 0.3) is 0 Å². The molecular weight excluding hydrogens is 438 g/mol. The third kappa shape index (κ3) is 6.00. The fraction of sp³-hybridized carbons (Fsp3) is 0.440. The van der Waals surface area contributed by atoms with Crippen LogP contribution in [0.5, 0.6) is 0 Å². The van der Waals surface area contributed by atoms with Crippen molar-refractivity contribution in [3.63, 3.8) is 0 Å². The molecule has 0 bridgehead atoms. The molecule has 0 fully saturated rings. The van der Waals surface area contributed by atoms with Gasteiger partial charge in [-0.2, -0.15) is 4.72 Å². The van der Waals surface area contributed by atoms with Crippen molar-refractivity contribution >= 4 is 27.5 Å². The fourth-order valence-electron chi connectivity index (χ4n) is 4.12. The number of likely N-dealkylation sites (N-methyl/N-ethyl adjacent to an activating group) is 1. The van der Waals surface area contributed by atoms with Crippen LogP contribution in [0.25, 0.3) is 0 Å². The number of sulfonamides is 1. The fourth-order valence-corrected chi connectivity index (χ4v) is 5.37. The van der Waals surface area contributed by atoms with Crippen molar-refractivity contribution in [3.8, 4) is 0 Å². The lowest BCUT2D eigenvalue weighted by Gasteiger charge is -2.26. The van der Waals surface area contributed by atoms with Crippen molar-refractivity contribution in [2.24, 2.45) is 5.92 Å². The third-order valence-electron chi connectivity index (χ3n) is 5.80. The number of fused-ring (bicyclic) bond motifs is 1. The van der Waals surface area contributed by atoms with E-state index in [0.717, 1.165) is 16.8 Å². The number of nitrogens with one attached hydrogen (secondary N) is 1. The van der Waals surface area contributed by atoms with E-state index in [2.05, 4.69) is 4.72 Å². The molecule has 1 atom stereocenters. The third-order valence-corrected chi connectivity index (χ3v) is 7.27. The van der Waals surface area contributed by atoms with Crippen LogP contribution in [-0.2, 0) is 32.6 Å². The average Bonchev–Trinajstić information content (AvgIpc) is 3.21. The molecule has 178 valence electrons. The zero-order valence-electron chi connectivity index (χ0n) is 19.7. The Morgan fingerprint density at radius 3 is 2.45 bits per heavy atom. The molecule has 1 N–H and O–H groups in total. The van der Waals surface area contributed by atoms with Crippen molar-refractivity contribution in [1.29, 1.82) is 0 Å². The van der Waals surface area contributed by atoms with E-state index in [0.29, 0.717) is 32.4 Å². The first kappa shape index (κ1) is 24.9. The van der Waals surface area contributed by atoms with Crippen molar-refractivity contribution in [1.82, 2.24) is 9.62 Å². The largest absolute Gasteiger partial charge is 0.340 e. The zero-order valence-corrected chi connectivity index (χ0v) is 20.6. The highest BCUT2D eigenvalue weighted by Crippen LogP contribution is 2.31. The summed E-state index contributed by atoms with van der Waals surface area (Å²) in [6.07, 6.45) is 1.40. The predicted molar refractivity (Wildman–Crippen MR) is 129 cm³/mol. The Balaban J connectivity index is 1.79. The molecule has 2 aromatic carbocycles. The van der Waals surface area contributed by atoms with Gasteiger partial charge in [-0.3, -0.25) is 9.59 Å². The van der Waals surface area contributed by atoms with E-state index in [1.165, 1.54) is 6.07 Å². The Kier molecular flexibility index (Phi) is 7.92. The molecule has 2 amide bonds. The molecule has 33 heavy (non-hydrogen) atoms. The van der Waals surface area contributed by atoms with Crippen molar-refractivity contribution in [3.05, 3.63) is 59.7 Å². The van der Waals surface area contributed by atoms with E-state index >= 15 is 0 Å². The van der Waals surface area contributed by atoms with Gasteiger partial charge in [0.05, 0.1) is 4.90 Å². The van der Waals surface area contributed by atoms with Crippen LogP contribution < -0.4 is 9.62 Å². The van der Waals surface area contributed by atoms with Crippen molar-refractivity contribution < 1.29 is 18.0 Å². The molecule has 2 aromatic rings. The number of carbonyl (C=O) groups is 2. The van der Waals surface area contributed by atoms with Gasteiger partial charge in [-0.05, 0) is 48.1 Å². The van der Waals surface area contributed by atoms with E-state index in [4.69, 9.17) is 0 Å². The molecule has 0 radical (unpaired) electrons. The number of carbonyl (C=O) groups excluding carboxylic acids is 2. The molecule has 3 rings (SSSR count). The van der Waals surface area contributed by atoms with E-state index < -0.39 is 16.1 Å². The van der Waals surface area contributed by atoms with Gasteiger partial charge < -0.3 is 9.80 Å². The van der Waals surface area contributed by atoms with Crippen molar-refractivity contribution in [2.45, 2.75) is 57.5 Å². The molecule has 1 aliphatic rings. The van der Waals surface area contributed by atoms with Gasteiger partial charge in [0.1, 0.15) is 6.04 Å². The smallest absolute Gasteiger partial charge is 0.241 e. The Labute approximate surface area is 196 Å². The molecule has 0 aromatic heterocycles. The molecule has 7 nitrogen and oxygen atoms in total. The Bertz CT molecular complexity index is 1100. The first-order chi connectivity index (χ1) is 15.6. The minimum Gasteiger partial charge on any atom is -0.340 e. The quantitative estimate of drug-likeness (QED) is 0.608. The van der Waals surface area contributed by atoms with Crippen LogP contribution in [0, 0.1) is 5.92 Å². The highest BCUT2D eigenvalue weighted by molar-refractivity contribution is 7.89. The lowest BCUT2D eigenvalue weighted by Crippen LogP contribution is -2.47. The monoisotopic (exact) mass is 471 g/mol. The number of rotatable bonds is 9. The maximum Gasteiger partial charge on any atom is 0.241 e. The first-order valence-corrected chi connectivity index (χ1v) is 12.8. The van der Waals surface area contributed by atoms with Crippen LogP contribution in [0.4, 0.5) is 5.69 Å². The van der Waals surface area contributed by atoms with Gasteiger partial charge in [0.15, 0.2) is 0 Å². The maximum absolute atomic E-state index is 13.2. The molecule has 1 aliphatic heterocycles. The normalized spacial score (nSPS) is 14.3. The number of hydrogen-bond acceptors (Lipinski definition) is 4. The van der Waals surface area contributed by atoms with Gasteiger partial charge in [-0.15, -0.1) is 0 Å². The second kappa shape index (κ2) is 10.5. The molecule has 0 spiro atoms. The lowest BCUT2D eigenvalue weighted by atomic mass is 10.0. The molecule has 0 saturated carbocycles. The summed E-state index contributed by atoms with van der Waals surface area (Å²) >= 11 is 0. The molecule has 8 heteroatoms. The minimum atomic E-state index is -3.92. The Hall–Kier alpha value is -2.71. The topological polar surface area (TPSA) is 86.8 Å². The number of benzene rings is 2. The summed E-state index contributed by atoms with van der Waals surface area (Å²) in [6.45, 7) is 6.68. The van der Waals surface area contributed by atoms with Gasteiger partial charge in [-0.1, -0.05) is 51.1 Å². The zero-order chi connectivity index (χ0) is 24.2. The number of anilines is 1. The highest BCUT2D eigenvalue weighted by atomic mass is 32.2. The van der Waals surface area contributed by atoms with Crippen LogP contribution in [-0.4, -0.2) is 44.8 Å². The van der Waals surface area contributed by atoms with Gasteiger partial charge in [0.2, 0.25) is 21.8 Å². The van der Waals surface area contributed by atoms with E-state index in [9.17, 15) is 18.0 Å². The molecule has 1 heterocycles. The summed E-state index contributed by atoms with van der Waals surface area (Å²) in [7, 11) is -2.24. The second-order valence-electron chi connectivity index (χ2n) is 8.92. The number of nitrogens with zero attached hydrogens (tertiary/aromatic N) is 2. The summed E-state index contributed by atoms with van der Waals surface area (Å²) in [5.74, 6) is -0.121. The van der Waals surface area contributed by atoms with E-state index in [1.54, 1.807) is 29.0 Å². The second-order valence-corrected chi connectivity index (χ2v) is 10.6. The van der Waals surface area contributed by atoms with Crippen LogP contribution in [0.15, 0.2) is 53.4 Å². The van der Waals surface area contributed by atoms with Crippen LogP contribution in [0.2, 0.25) is 0 Å². The number of hydrogen-bond donors (Lipinski definition) is 1. The molecular formula is C25H33N3O4S. The van der Waals surface area contributed by atoms with E-state index in [1.807, 2.05) is 51.1 Å². The molecule has 0 aliphatic carbocycles. The van der Waals surface area contributed by atoms with Gasteiger partial charge >= 0.3 is 0 Å². The summed E-state index contributed by atoms with van der Waals surface area (Å²) in [6, 6.07) is 13.5. The van der Waals surface area contributed by atoms with Crippen LogP contribution >= 0.6 is 0 Å². The highest BCUT2D eigenvalue weighted by Gasteiger charge is 2.30. The Morgan fingerprint density at radius 1 is 1.12 bits per heavy atom. The molecule has 1 unspecified atom stereocenters. The summed E-state index contributed by atoms with van der Waals surface area (Å²) in [4.78, 5) is 28.7. The SMILES string of the molecule is CCC(=O)N1CCc2cc(S(=O)(=O)NC(CC(C)C)C(=O)N(C)Cc3ccccc3)ccc21. The van der Waals surface area contributed by atoms with Crippen LogP contribution in [0.1, 0.15) is 44.7 Å². The summed E-state index contributed by atoms with van der Waals surface area (Å²) in [5, 5.41) is 0. The summed E-state index contributed by atoms with van der Waals surface area (Å²) < 4.78 is 29.1. The van der Waals surface area contributed by atoms with Gasteiger partial charge in [-0.25, -0.2) is 8.42 Å². The maximum atomic E-state index is 13.2. The van der Waals surface area contributed by atoms with Gasteiger partial charge in [0, 0.05) is 32.2 Å². The summed E-state index contributed by atoms with van der Waals surface area (Å²) in [5.41, 5.74) is 2.56. The molecule has 0 saturated heterocycles. The lowest BCUT2D eigenvalue weighted by molar-refractivity contribution is -0.132. The van der Waals surface area contributed by atoms with E-state index in [-0.39, 0.29) is 22.6 Å². The van der Waals surface area contributed by atoms with Crippen LogP contribution in [0.3, 0.4) is 0 Å². The standard InChI is InChI=1S/C25H33N3O4S/c1-5-24(29)28-14-13-20-16-21(11-12-23(20)28)33(31,32)26-22(15-18(2)3)25(30)27(4)17-19-9-7-6-8-10-19/h6-12,16,18,22,26H,5,13-15,17H2,1-4H3.